The Hall–Kier alpha value is -1.72. The summed E-state index contributed by atoms with van der Waals surface area (Å²) in [6, 6.07) is 6.19. The third-order valence-corrected chi connectivity index (χ3v) is 5.76. The molecule has 1 saturated heterocycles. The highest BCUT2D eigenvalue weighted by Crippen LogP contribution is 2.33. The number of piperazine rings is 1. The van der Waals surface area contributed by atoms with Crippen molar-refractivity contribution in [2.75, 3.05) is 19.6 Å². The van der Waals surface area contributed by atoms with E-state index in [1.54, 1.807) is 17.5 Å². The lowest BCUT2D eigenvalue weighted by Crippen LogP contribution is -2.48. The first-order chi connectivity index (χ1) is 10.8. The fraction of sp³-hybridized carbons (Fsp3) is 0.412. The number of carbonyl (C=O) groups is 1. The molecule has 1 amide bonds. The highest BCUT2D eigenvalue weighted by Gasteiger charge is 2.30. The molecule has 1 aliphatic heterocycles. The van der Waals surface area contributed by atoms with Crippen LogP contribution >= 0.6 is 11.3 Å². The smallest absolute Gasteiger partial charge is 0.264 e. The summed E-state index contributed by atoms with van der Waals surface area (Å²) in [6.07, 6.45) is 7.15. The lowest BCUT2D eigenvalue weighted by molar-refractivity contribution is 0.0639. The fourth-order valence-corrected chi connectivity index (χ4v) is 4.60. The molecule has 0 aromatic carbocycles. The van der Waals surface area contributed by atoms with Gasteiger partial charge in [-0.25, -0.2) is 0 Å². The summed E-state index contributed by atoms with van der Waals surface area (Å²) >= 11 is 1.69. The Morgan fingerprint density at radius 2 is 2.36 bits per heavy atom. The second kappa shape index (κ2) is 5.82. The maximum atomic E-state index is 13.0. The number of nitrogens with zero attached hydrogens (tertiary/aromatic N) is 2. The molecule has 0 saturated carbocycles. The summed E-state index contributed by atoms with van der Waals surface area (Å²) in [4.78, 5) is 21.5. The van der Waals surface area contributed by atoms with E-state index in [1.807, 2.05) is 17.2 Å². The van der Waals surface area contributed by atoms with Crippen LogP contribution in [0, 0.1) is 0 Å². The van der Waals surface area contributed by atoms with Crippen molar-refractivity contribution < 1.29 is 4.79 Å². The molecule has 0 bridgehead atoms. The normalized spacial score (nSPS) is 20.9. The van der Waals surface area contributed by atoms with Crippen molar-refractivity contribution in [2.24, 2.45) is 0 Å². The van der Waals surface area contributed by atoms with E-state index in [0.717, 1.165) is 42.9 Å². The second-order valence-electron chi connectivity index (χ2n) is 5.92. The van der Waals surface area contributed by atoms with Crippen molar-refractivity contribution in [2.45, 2.75) is 25.3 Å². The van der Waals surface area contributed by atoms with E-state index >= 15 is 0 Å². The molecule has 1 atom stereocenters. The van der Waals surface area contributed by atoms with E-state index in [9.17, 15) is 4.79 Å². The van der Waals surface area contributed by atoms with E-state index < -0.39 is 0 Å². The monoisotopic (exact) mass is 313 g/mol. The van der Waals surface area contributed by atoms with Crippen LogP contribution in [0.4, 0.5) is 0 Å². The molecule has 3 heterocycles. The van der Waals surface area contributed by atoms with Crippen molar-refractivity contribution in [1.29, 1.82) is 0 Å². The largest absolute Gasteiger partial charge is 0.328 e. The number of nitrogens with one attached hydrogen (secondary N) is 1. The van der Waals surface area contributed by atoms with Crippen molar-refractivity contribution in [3.63, 3.8) is 0 Å². The number of pyridine rings is 1. The zero-order chi connectivity index (χ0) is 14.9. The molecule has 0 spiro atoms. The van der Waals surface area contributed by atoms with Crippen LogP contribution in [0.5, 0.6) is 0 Å². The average Bonchev–Trinajstić information content (AvgIpc) is 3.17. The number of carbonyl (C=O) groups excluding carboxylic acids is 1. The number of fused-ring (bicyclic) bond motifs is 1. The van der Waals surface area contributed by atoms with Gasteiger partial charge in [0.1, 0.15) is 0 Å². The van der Waals surface area contributed by atoms with E-state index in [-0.39, 0.29) is 11.9 Å². The summed E-state index contributed by atoms with van der Waals surface area (Å²) in [6.45, 7) is 2.40. The van der Waals surface area contributed by atoms with Gasteiger partial charge < -0.3 is 10.2 Å². The van der Waals surface area contributed by atoms with Gasteiger partial charge in [-0.3, -0.25) is 9.78 Å². The van der Waals surface area contributed by atoms with Crippen LogP contribution in [0.15, 0.2) is 30.6 Å². The molecule has 4 nitrogen and oxygen atoms in total. The maximum absolute atomic E-state index is 13.0. The van der Waals surface area contributed by atoms with E-state index in [2.05, 4.69) is 22.4 Å². The van der Waals surface area contributed by atoms with Gasteiger partial charge in [-0.05, 0) is 42.5 Å². The number of hydrogen-bond donors (Lipinski definition) is 1. The number of thiophene rings is 1. The topological polar surface area (TPSA) is 45.2 Å². The van der Waals surface area contributed by atoms with Crippen LogP contribution in [-0.4, -0.2) is 35.4 Å². The van der Waals surface area contributed by atoms with Gasteiger partial charge in [-0.15, -0.1) is 11.3 Å². The molecule has 1 N–H and O–H groups in total. The molecule has 4 rings (SSSR count). The van der Waals surface area contributed by atoms with Gasteiger partial charge in [0, 0.05) is 36.9 Å². The summed E-state index contributed by atoms with van der Waals surface area (Å²) in [7, 11) is 0. The third kappa shape index (κ3) is 2.44. The molecule has 114 valence electrons. The molecule has 2 aromatic heterocycles. The number of aromatic nitrogens is 1. The minimum atomic E-state index is 0.0758. The predicted molar refractivity (Wildman–Crippen MR) is 87.2 cm³/mol. The number of aryl methyl sites for hydroxylation is 2. The SMILES string of the molecule is O=C(c1cc2c(s1)CCC2)N1CCNCC1c1cccnc1. The molecule has 1 unspecified atom stereocenters. The highest BCUT2D eigenvalue weighted by molar-refractivity contribution is 7.14. The number of hydrogen-bond acceptors (Lipinski definition) is 4. The molecule has 0 radical (unpaired) electrons. The van der Waals surface area contributed by atoms with Crippen LogP contribution in [0.3, 0.4) is 0 Å². The summed E-state index contributed by atoms with van der Waals surface area (Å²) in [5, 5.41) is 3.39. The Kier molecular flexibility index (Phi) is 3.68. The molecule has 22 heavy (non-hydrogen) atoms. The Bertz CT molecular complexity index is 661. The van der Waals surface area contributed by atoms with E-state index in [0.29, 0.717) is 0 Å². The lowest BCUT2D eigenvalue weighted by atomic mass is 10.0. The standard InChI is InChI=1S/C17H19N3OS/c21-17(16-9-12-3-1-5-15(12)22-16)20-8-7-19-11-14(20)13-4-2-6-18-10-13/h2,4,6,9-10,14,19H,1,3,5,7-8,11H2. The van der Waals surface area contributed by atoms with Crippen LogP contribution in [0.25, 0.3) is 0 Å². The van der Waals surface area contributed by atoms with Crippen LogP contribution in [-0.2, 0) is 12.8 Å². The number of rotatable bonds is 2. The van der Waals surface area contributed by atoms with Gasteiger partial charge in [0.05, 0.1) is 10.9 Å². The fourth-order valence-electron chi connectivity index (χ4n) is 3.39. The molecule has 1 aliphatic carbocycles. The maximum Gasteiger partial charge on any atom is 0.264 e. The van der Waals surface area contributed by atoms with Crippen molar-refractivity contribution in [1.82, 2.24) is 15.2 Å². The van der Waals surface area contributed by atoms with Gasteiger partial charge in [-0.1, -0.05) is 6.07 Å². The Labute approximate surface area is 134 Å². The van der Waals surface area contributed by atoms with Crippen LogP contribution in [0.1, 0.15) is 38.1 Å². The van der Waals surface area contributed by atoms with Gasteiger partial charge in [-0.2, -0.15) is 0 Å². The lowest BCUT2D eigenvalue weighted by Gasteiger charge is -2.36. The van der Waals surface area contributed by atoms with Gasteiger partial charge in [0.2, 0.25) is 0 Å². The van der Waals surface area contributed by atoms with Gasteiger partial charge >= 0.3 is 0 Å². The minimum Gasteiger partial charge on any atom is -0.328 e. The first-order valence-corrected chi connectivity index (χ1v) is 8.68. The Balaban J connectivity index is 1.62. The van der Waals surface area contributed by atoms with E-state index in [4.69, 9.17) is 0 Å². The number of amides is 1. The summed E-state index contributed by atoms with van der Waals surface area (Å²) in [5.41, 5.74) is 2.49. The van der Waals surface area contributed by atoms with Crippen molar-refractivity contribution >= 4 is 17.2 Å². The average molecular weight is 313 g/mol. The zero-order valence-corrected chi connectivity index (χ0v) is 13.2. The van der Waals surface area contributed by atoms with Gasteiger partial charge in [0.15, 0.2) is 0 Å². The van der Waals surface area contributed by atoms with Crippen molar-refractivity contribution in [3.8, 4) is 0 Å². The van der Waals surface area contributed by atoms with Gasteiger partial charge in [0.25, 0.3) is 5.91 Å². The molecule has 2 aliphatic rings. The Morgan fingerprint density at radius 3 is 3.18 bits per heavy atom. The molecule has 5 heteroatoms. The quantitative estimate of drug-likeness (QED) is 0.926. The first kappa shape index (κ1) is 13.9. The molecular weight excluding hydrogens is 294 g/mol. The Morgan fingerprint density at radius 1 is 1.41 bits per heavy atom. The van der Waals surface area contributed by atoms with Crippen LogP contribution < -0.4 is 5.32 Å². The summed E-state index contributed by atoms with van der Waals surface area (Å²) < 4.78 is 0. The third-order valence-electron chi connectivity index (χ3n) is 4.53. The van der Waals surface area contributed by atoms with Crippen molar-refractivity contribution in [3.05, 3.63) is 51.5 Å². The predicted octanol–water partition coefficient (Wildman–Crippen LogP) is 2.42. The molecular formula is C17H19N3OS. The summed E-state index contributed by atoms with van der Waals surface area (Å²) in [5.74, 6) is 0.176. The zero-order valence-electron chi connectivity index (χ0n) is 12.4. The second-order valence-corrected chi connectivity index (χ2v) is 7.05. The minimum absolute atomic E-state index is 0.0758. The molecule has 1 fully saturated rings. The first-order valence-electron chi connectivity index (χ1n) is 7.86. The molecule has 2 aromatic rings. The van der Waals surface area contributed by atoms with Crippen LogP contribution in [0.2, 0.25) is 0 Å². The van der Waals surface area contributed by atoms with E-state index in [1.165, 1.54) is 16.9 Å². The highest BCUT2D eigenvalue weighted by atomic mass is 32.1.